The van der Waals surface area contributed by atoms with Crippen molar-refractivity contribution in [2.75, 3.05) is 4.90 Å². The summed E-state index contributed by atoms with van der Waals surface area (Å²) in [6, 6.07) is 34.4. The molecule has 5 nitrogen and oxygen atoms in total. The van der Waals surface area contributed by atoms with Crippen LogP contribution in [-0.4, -0.2) is 14.7 Å². The molecule has 1 aliphatic heterocycles. The van der Waals surface area contributed by atoms with E-state index in [4.69, 9.17) is 17.0 Å². The van der Waals surface area contributed by atoms with Crippen LogP contribution in [-0.2, 0) is 0 Å². The van der Waals surface area contributed by atoms with Crippen molar-refractivity contribution < 1.29 is 4.74 Å². The molecule has 1 fully saturated rings. The summed E-state index contributed by atoms with van der Waals surface area (Å²) in [5, 5.41) is 4.20. The van der Waals surface area contributed by atoms with Crippen LogP contribution in [0.3, 0.4) is 0 Å². The molecule has 0 radical (unpaired) electrons. The second kappa shape index (κ2) is 10.4. The minimum absolute atomic E-state index is 0.125. The number of aryl methyl sites for hydroxylation is 1. The third kappa shape index (κ3) is 4.83. The lowest BCUT2D eigenvalue weighted by Gasteiger charge is -2.29. The number of pyridine rings is 1. The lowest BCUT2D eigenvalue weighted by Crippen LogP contribution is -2.30. The van der Waals surface area contributed by atoms with Gasteiger partial charge in [-0.2, -0.15) is 0 Å². The molecule has 0 unspecified atom stereocenters. The highest BCUT2D eigenvalue weighted by Crippen LogP contribution is 2.42. The Balaban J connectivity index is 1.38. The third-order valence-electron chi connectivity index (χ3n) is 6.66. The SMILES string of the molecule is Cc1ccc(Oc2ccc(N3C(=S)N[C@H](c4ccccn4)[C@@H]3c3cccn3-c3ccc(Br)cc3)cc2)cc1. The van der Waals surface area contributed by atoms with Crippen molar-refractivity contribution in [1.29, 1.82) is 0 Å². The van der Waals surface area contributed by atoms with Crippen LogP contribution in [0.15, 0.2) is 120 Å². The van der Waals surface area contributed by atoms with E-state index >= 15 is 0 Å². The molecule has 7 heteroatoms. The van der Waals surface area contributed by atoms with Gasteiger partial charge >= 0.3 is 0 Å². The molecule has 38 heavy (non-hydrogen) atoms. The van der Waals surface area contributed by atoms with E-state index in [2.05, 4.69) is 97.3 Å². The van der Waals surface area contributed by atoms with Crippen LogP contribution in [0, 0.1) is 6.92 Å². The second-order valence-electron chi connectivity index (χ2n) is 9.19. The number of hydrogen-bond acceptors (Lipinski definition) is 3. The molecule has 3 heterocycles. The van der Waals surface area contributed by atoms with Crippen LogP contribution in [0.25, 0.3) is 5.69 Å². The summed E-state index contributed by atoms with van der Waals surface area (Å²) < 4.78 is 9.32. The van der Waals surface area contributed by atoms with Crippen molar-refractivity contribution >= 4 is 38.9 Å². The van der Waals surface area contributed by atoms with Crippen LogP contribution >= 0.6 is 28.1 Å². The third-order valence-corrected chi connectivity index (χ3v) is 7.50. The number of halogens is 1. The first-order chi connectivity index (χ1) is 18.6. The van der Waals surface area contributed by atoms with Gasteiger partial charge in [-0.15, -0.1) is 0 Å². The van der Waals surface area contributed by atoms with E-state index < -0.39 is 0 Å². The van der Waals surface area contributed by atoms with Gasteiger partial charge in [0.05, 0.1) is 11.7 Å². The fraction of sp³-hybridized carbons (Fsp3) is 0.0968. The molecule has 188 valence electrons. The average molecular weight is 582 g/mol. The van der Waals surface area contributed by atoms with Crippen LogP contribution < -0.4 is 15.0 Å². The molecule has 0 spiro atoms. The van der Waals surface area contributed by atoms with E-state index in [-0.39, 0.29) is 12.1 Å². The van der Waals surface area contributed by atoms with Crippen molar-refractivity contribution in [2.45, 2.75) is 19.0 Å². The number of anilines is 1. The zero-order valence-corrected chi connectivity index (χ0v) is 23.1. The summed E-state index contributed by atoms with van der Waals surface area (Å²) in [6.07, 6.45) is 3.91. The van der Waals surface area contributed by atoms with Gasteiger partial charge in [-0.3, -0.25) is 4.98 Å². The maximum atomic E-state index is 6.07. The number of thiocarbonyl (C=S) groups is 1. The number of hydrogen-bond donors (Lipinski definition) is 1. The fourth-order valence-electron chi connectivity index (χ4n) is 4.82. The number of aromatic nitrogens is 2. The fourth-order valence-corrected chi connectivity index (χ4v) is 5.43. The molecule has 2 atom stereocenters. The van der Waals surface area contributed by atoms with E-state index in [9.17, 15) is 0 Å². The van der Waals surface area contributed by atoms with Gasteiger partial charge < -0.3 is 19.5 Å². The highest BCUT2D eigenvalue weighted by molar-refractivity contribution is 9.10. The Bertz CT molecular complexity index is 1550. The molecule has 0 aliphatic carbocycles. The van der Waals surface area contributed by atoms with Gasteiger partial charge in [-0.25, -0.2) is 0 Å². The summed E-state index contributed by atoms with van der Waals surface area (Å²) >= 11 is 9.47. The van der Waals surface area contributed by atoms with E-state index in [0.717, 1.165) is 38.7 Å². The molecule has 0 saturated carbocycles. The number of rotatable bonds is 6. The summed E-state index contributed by atoms with van der Waals surface area (Å²) in [4.78, 5) is 6.86. The summed E-state index contributed by atoms with van der Waals surface area (Å²) in [6.45, 7) is 2.06. The Morgan fingerprint density at radius 2 is 1.50 bits per heavy atom. The number of benzene rings is 3. The van der Waals surface area contributed by atoms with Crippen LogP contribution in [0.2, 0.25) is 0 Å². The van der Waals surface area contributed by atoms with Gasteiger partial charge in [0.15, 0.2) is 5.11 Å². The van der Waals surface area contributed by atoms with Crippen molar-refractivity contribution in [2.24, 2.45) is 0 Å². The Hall–Kier alpha value is -3.94. The largest absolute Gasteiger partial charge is 0.457 e. The number of nitrogens with zero attached hydrogens (tertiary/aromatic N) is 3. The topological polar surface area (TPSA) is 42.3 Å². The first-order valence-electron chi connectivity index (χ1n) is 12.4. The molecule has 0 amide bonds. The summed E-state index contributed by atoms with van der Waals surface area (Å²) in [7, 11) is 0. The molecule has 1 aliphatic rings. The van der Waals surface area contributed by atoms with E-state index in [1.165, 1.54) is 5.56 Å². The molecule has 5 aromatic rings. The first kappa shape index (κ1) is 24.4. The first-order valence-corrected chi connectivity index (χ1v) is 13.6. The maximum absolute atomic E-state index is 6.07. The quantitative estimate of drug-likeness (QED) is 0.207. The monoisotopic (exact) mass is 580 g/mol. The Morgan fingerprint density at radius 1 is 0.816 bits per heavy atom. The smallest absolute Gasteiger partial charge is 0.174 e. The molecule has 1 saturated heterocycles. The zero-order chi connectivity index (χ0) is 26.1. The molecule has 6 rings (SSSR count). The van der Waals surface area contributed by atoms with E-state index in [0.29, 0.717) is 5.11 Å². The average Bonchev–Trinajstić information content (AvgIpc) is 3.56. The minimum atomic E-state index is -0.128. The van der Waals surface area contributed by atoms with Gasteiger partial charge in [0.25, 0.3) is 0 Å². The minimum Gasteiger partial charge on any atom is -0.457 e. The van der Waals surface area contributed by atoms with E-state index in [1.807, 2.05) is 60.8 Å². The van der Waals surface area contributed by atoms with Gasteiger partial charge in [0.1, 0.15) is 17.5 Å². The van der Waals surface area contributed by atoms with Crippen LogP contribution in [0.5, 0.6) is 11.5 Å². The molecular weight excluding hydrogens is 556 g/mol. The predicted molar refractivity (Wildman–Crippen MR) is 159 cm³/mol. The van der Waals surface area contributed by atoms with Gasteiger partial charge in [0.2, 0.25) is 0 Å². The molecule has 0 bridgehead atoms. The zero-order valence-electron chi connectivity index (χ0n) is 20.7. The summed E-state index contributed by atoms with van der Waals surface area (Å²) in [5.41, 5.74) is 5.29. The molecule has 1 N–H and O–H groups in total. The second-order valence-corrected chi connectivity index (χ2v) is 10.5. The molecule has 2 aromatic heterocycles. The predicted octanol–water partition coefficient (Wildman–Crippen LogP) is 7.91. The standard InChI is InChI=1S/C31H25BrN4OS/c1-21-7-15-25(16-8-21)37-26-17-13-24(14-18-26)36-30(29(34-31(36)38)27-5-2-3-19-33-27)28-6-4-20-35(28)23-11-9-22(32)10-12-23/h2-20,29-30H,1H3,(H,34,38)/t29-,30+/m1/s1. The Kier molecular flexibility index (Phi) is 6.70. The van der Waals surface area contributed by atoms with Gasteiger partial charge in [-0.05, 0) is 104 Å². The van der Waals surface area contributed by atoms with Crippen molar-refractivity contribution in [3.8, 4) is 17.2 Å². The normalized spacial score (nSPS) is 16.9. The highest BCUT2D eigenvalue weighted by atomic mass is 79.9. The number of ether oxygens (including phenoxy) is 1. The lowest BCUT2D eigenvalue weighted by atomic mass is 10.0. The van der Waals surface area contributed by atoms with Crippen molar-refractivity contribution in [3.05, 3.63) is 137 Å². The van der Waals surface area contributed by atoms with Gasteiger partial charge in [0, 0.05) is 33.9 Å². The molecular formula is C31H25BrN4OS. The van der Waals surface area contributed by atoms with Crippen molar-refractivity contribution in [3.63, 3.8) is 0 Å². The van der Waals surface area contributed by atoms with E-state index in [1.54, 1.807) is 0 Å². The molecule has 3 aromatic carbocycles. The number of nitrogens with one attached hydrogen (secondary N) is 1. The Morgan fingerprint density at radius 3 is 2.18 bits per heavy atom. The lowest BCUT2D eigenvalue weighted by molar-refractivity contribution is 0.482. The van der Waals surface area contributed by atoms with Gasteiger partial charge in [-0.1, -0.05) is 39.7 Å². The van der Waals surface area contributed by atoms with Crippen LogP contribution in [0.4, 0.5) is 5.69 Å². The highest BCUT2D eigenvalue weighted by Gasteiger charge is 2.42. The van der Waals surface area contributed by atoms with Crippen molar-refractivity contribution in [1.82, 2.24) is 14.9 Å². The Labute approximate surface area is 235 Å². The maximum Gasteiger partial charge on any atom is 0.174 e. The summed E-state index contributed by atoms with van der Waals surface area (Å²) in [5.74, 6) is 1.58. The van der Waals surface area contributed by atoms with Crippen LogP contribution in [0.1, 0.15) is 29.0 Å².